The van der Waals surface area contributed by atoms with Crippen molar-refractivity contribution in [1.82, 2.24) is 9.80 Å². The summed E-state index contributed by atoms with van der Waals surface area (Å²) in [6, 6.07) is 0. The van der Waals surface area contributed by atoms with Gasteiger partial charge in [0, 0.05) is 32.1 Å². The minimum Gasteiger partial charge on any atom is -0.340 e. The lowest BCUT2D eigenvalue weighted by molar-refractivity contribution is -0.137. The van der Waals surface area contributed by atoms with Gasteiger partial charge in [0.2, 0.25) is 5.91 Å². The molecule has 1 aliphatic heterocycles. The number of piperazine rings is 1. The zero-order valence-corrected chi connectivity index (χ0v) is 10.2. The molecule has 0 spiro atoms. The highest BCUT2D eigenvalue weighted by Crippen LogP contribution is 2.28. The normalized spacial score (nSPS) is 24.8. The van der Waals surface area contributed by atoms with Crippen LogP contribution in [-0.4, -0.2) is 48.9 Å². The van der Waals surface area contributed by atoms with Gasteiger partial charge in [-0.05, 0) is 32.7 Å². The molecule has 1 heterocycles. The van der Waals surface area contributed by atoms with Crippen LogP contribution in [0, 0.1) is 5.92 Å². The van der Waals surface area contributed by atoms with Crippen molar-refractivity contribution in [1.29, 1.82) is 0 Å². The predicted octanol–water partition coefficient (Wildman–Crippen LogP) is 1.51. The summed E-state index contributed by atoms with van der Waals surface area (Å²) >= 11 is 0. The predicted molar refractivity (Wildman–Crippen MR) is 65.2 cm³/mol. The van der Waals surface area contributed by atoms with Gasteiger partial charge in [-0.15, -0.1) is 0 Å². The molecule has 2 fully saturated rings. The van der Waals surface area contributed by atoms with E-state index in [0.29, 0.717) is 5.91 Å². The maximum absolute atomic E-state index is 12.2. The first kappa shape index (κ1) is 11.6. The molecule has 0 aromatic carbocycles. The topological polar surface area (TPSA) is 23.6 Å². The van der Waals surface area contributed by atoms with Crippen molar-refractivity contribution in [2.45, 2.75) is 25.7 Å². The molecule has 0 aromatic rings. The molecule has 3 heteroatoms. The third-order valence-electron chi connectivity index (χ3n) is 3.86. The fourth-order valence-electron chi connectivity index (χ4n) is 2.56. The Hall–Kier alpha value is -0.830. The van der Waals surface area contributed by atoms with Gasteiger partial charge in [-0.25, -0.2) is 0 Å². The van der Waals surface area contributed by atoms with Gasteiger partial charge in [0.05, 0.1) is 0 Å². The van der Waals surface area contributed by atoms with Gasteiger partial charge in [-0.3, -0.25) is 4.79 Å². The van der Waals surface area contributed by atoms with Gasteiger partial charge >= 0.3 is 0 Å². The van der Waals surface area contributed by atoms with Gasteiger partial charge in [0.25, 0.3) is 0 Å². The molecular weight excluding hydrogens is 200 g/mol. The quantitative estimate of drug-likeness (QED) is 0.628. The summed E-state index contributed by atoms with van der Waals surface area (Å²) in [6.45, 7) is 7.86. The van der Waals surface area contributed by atoms with Crippen LogP contribution in [0.1, 0.15) is 25.7 Å². The summed E-state index contributed by atoms with van der Waals surface area (Å²) in [5.41, 5.74) is 1.32. The van der Waals surface area contributed by atoms with Gasteiger partial charge < -0.3 is 9.80 Å². The second-order valence-corrected chi connectivity index (χ2v) is 5.15. The van der Waals surface area contributed by atoms with Crippen molar-refractivity contribution in [3.05, 3.63) is 12.2 Å². The summed E-state index contributed by atoms with van der Waals surface area (Å²) < 4.78 is 0. The first-order valence-corrected chi connectivity index (χ1v) is 6.31. The molecule has 16 heavy (non-hydrogen) atoms. The summed E-state index contributed by atoms with van der Waals surface area (Å²) in [7, 11) is 2.12. The standard InChI is InChI=1S/C13H22N2O/c1-11-3-5-12(6-4-11)13(16)15-9-7-14(2)8-10-15/h12H,1,3-10H2,2H3. The lowest BCUT2D eigenvalue weighted by Gasteiger charge is -2.35. The van der Waals surface area contributed by atoms with Gasteiger partial charge in [-0.2, -0.15) is 0 Å². The minimum absolute atomic E-state index is 0.272. The second kappa shape index (κ2) is 5.00. The Morgan fingerprint density at radius 1 is 1.19 bits per heavy atom. The fourth-order valence-corrected chi connectivity index (χ4v) is 2.56. The molecule has 0 atom stereocenters. The SMILES string of the molecule is C=C1CCC(C(=O)N2CCN(C)CC2)CC1. The van der Waals surface area contributed by atoms with E-state index >= 15 is 0 Å². The van der Waals surface area contributed by atoms with E-state index in [-0.39, 0.29) is 5.92 Å². The Balaban J connectivity index is 1.85. The average Bonchev–Trinajstić information content (AvgIpc) is 2.30. The lowest BCUT2D eigenvalue weighted by atomic mass is 9.85. The number of hydrogen-bond acceptors (Lipinski definition) is 2. The van der Waals surface area contributed by atoms with E-state index in [0.717, 1.165) is 51.9 Å². The molecule has 1 amide bonds. The number of amides is 1. The third-order valence-corrected chi connectivity index (χ3v) is 3.86. The van der Waals surface area contributed by atoms with Crippen LogP contribution in [0.25, 0.3) is 0 Å². The van der Waals surface area contributed by atoms with Crippen LogP contribution in [0.4, 0.5) is 0 Å². The summed E-state index contributed by atoms with van der Waals surface area (Å²) in [6.07, 6.45) is 4.13. The molecule has 1 saturated heterocycles. The molecule has 2 aliphatic rings. The average molecular weight is 222 g/mol. The fraction of sp³-hybridized carbons (Fsp3) is 0.769. The minimum atomic E-state index is 0.272. The molecule has 0 N–H and O–H groups in total. The number of hydrogen-bond donors (Lipinski definition) is 0. The van der Waals surface area contributed by atoms with Crippen LogP contribution in [0.2, 0.25) is 0 Å². The molecule has 2 rings (SSSR count). The van der Waals surface area contributed by atoms with Crippen molar-refractivity contribution in [2.75, 3.05) is 33.2 Å². The van der Waals surface area contributed by atoms with Crippen LogP contribution in [-0.2, 0) is 4.79 Å². The Labute approximate surface area is 98.1 Å². The molecular formula is C13H22N2O. The Bertz CT molecular complexity index is 270. The van der Waals surface area contributed by atoms with E-state index in [1.165, 1.54) is 5.57 Å². The molecule has 0 bridgehead atoms. The van der Waals surface area contributed by atoms with Gasteiger partial charge in [0.1, 0.15) is 0 Å². The van der Waals surface area contributed by atoms with Crippen molar-refractivity contribution >= 4 is 5.91 Å². The van der Waals surface area contributed by atoms with Crippen LogP contribution in [0.5, 0.6) is 0 Å². The molecule has 90 valence electrons. The van der Waals surface area contributed by atoms with Crippen molar-refractivity contribution < 1.29 is 4.79 Å². The lowest BCUT2D eigenvalue weighted by Crippen LogP contribution is -2.49. The van der Waals surface area contributed by atoms with E-state index in [1.807, 2.05) is 0 Å². The molecule has 1 saturated carbocycles. The maximum atomic E-state index is 12.2. The highest BCUT2D eigenvalue weighted by atomic mass is 16.2. The number of carbonyl (C=O) groups excluding carboxylic acids is 1. The van der Waals surface area contributed by atoms with Crippen molar-refractivity contribution in [2.24, 2.45) is 5.92 Å². The van der Waals surface area contributed by atoms with Crippen LogP contribution in [0.3, 0.4) is 0 Å². The smallest absolute Gasteiger partial charge is 0.225 e. The monoisotopic (exact) mass is 222 g/mol. The van der Waals surface area contributed by atoms with Gasteiger partial charge in [0.15, 0.2) is 0 Å². The zero-order valence-electron chi connectivity index (χ0n) is 10.2. The first-order valence-electron chi connectivity index (χ1n) is 6.31. The van der Waals surface area contributed by atoms with E-state index in [4.69, 9.17) is 0 Å². The number of rotatable bonds is 1. The second-order valence-electron chi connectivity index (χ2n) is 5.15. The third kappa shape index (κ3) is 2.64. The van der Waals surface area contributed by atoms with Crippen LogP contribution >= 0.6 is 0 Å². The van der Waals surface area contributed by atoms with E-state index in [1.54, 1.807) is 0 Å². The Morgan fingerprint density at radius 2 is 1.75 bits per heavy atom. The number of allylic oxidation sites excluding steroid dienone is 1. The van der Waals surface area contributed by atoms with Crippen LogP contribution < -0.4 is 0 Å². The van der Waals surface area contributed by atoms with Gasteiger partial charge in [-0.1, -0.05) is 12.2 Å². The summed E-state index contributed by atoms with van der Waals surface area (Å²) in [5, 5.41) is 0. The molecule has 0 aromatic heterocycles. The summed E-state index contributed by atoms with van der Waals surface area (Å²) in [4.78, 5) is 16.6. The molecule has 3 nitrogen and oxygen atoms in total. The van der Waals surface area contributed by atoms with Crippen molar-refractivity contribution in [3.8, 4) is 0 Å². The highest BCUT2D eigenvalue weighted by molar-refractivity contribution is 5.79. The maximum Gasteiger partial charge on any atom is 0.225 e. The largest absolute Gasteiger partial charge is 0.340 e. The molecule has 0 radical (unpaired) electrons. The van der Waals surface area contributed by atoms with E-state index in [9.17, 15) is 4.79 Å². The van der Waals surface area contributed by atoms with Crippen molar-refractivity contribution in [3.63, 3.8) is 0 Å². The highest BCUT2D eigenvalue weighted by Gasteiger charge is 2.28. The Morgan fingerprint density at radius 3 is 2.31 bits per heavy atom. The molecule has 0 unspecified atom stereocenters. The number of carbonyl (C=O) groups is 1. The number of likely N-dealkylation sites (N-methyl/N-ethyl adjacent to an activating group) is 1. The van der Waals surface area contributed by atoms with E-state index in [2.05, 4.69) is 23.4 Å². The first-order chi connectivity index (χ1) is 7.66. The Kier molecular flexibility index (Phi) is 3.64. The zero-order chi connectivity index (χ0) is 11.5. The van der Waals surface area contributed by atoms with E-state index < -0.39 is 0 Å². The van der Waals surface area contributed by atoms with Crippen LogP contribution in [0.15, 0.2) is 12.2 Å². The molecule has 1 aliphatic carbocycles. The summed E-state index contributed by atoms with van der Waals surface area (Å²) in [5.74, 6) is 0.662. The number of nitrogens with zero attached hydrogens (tertiary/aromatic N) is 2.